The molecule has 162 valence electrons. The maximum Gasteiger partial charge on any atom is 0.244 e. The average molecular weight is 471 g/mol. The van der Waals surface area contributed by atoms with Crippen LogP contribution in [-0.4, -0.2) is 87.2 Å². The van der Waals surface area contributed by atoms with E-state index in [1.165, 1.54) is 16.4 Å². The zero-order valence-corrected chi connectivity index (χ0v) is 19.0. The van der Waals surface area contributed by atoms with Crippen molar-refractivity contribution >= 4 is 44.9 Å². The van der Waals surface area contributed by atoms with Crippen molar-refractivity contribution in [1.82, 2.24) is 19.4 Å². The average Bonchev–Trinajstić information content (AvgIpc) is 2.76. The first-order valence-electron chi connectivity index (χ1n) is 9.82. The van der Waals surface area contributed by atoms with Gasteiger partial charge in [-0.2, -0.15) is 4.31 Å². The third kappa shape index (κ3) is 4.50. The number of piperazine rings is 2. The molecule has 2 aliphatic heterocycles. The number of likely N-dealkylation sites (N-methyl/N-ethyl adjacent to an activating group) is 1. The first-order chi connectivity index (χ1) is 14.3. The van der Waals surface area contributed by atoms with Crippen molar-refractivity contribution in [3.8, 4) is 0 Å². The van der Waals surface area contributed by atoms with Crippen LogP contribution in [0.2, 0.25) is 10.0 Å². The second-order valence-electron chi connectivity index (χ2n) is 7.51. The second-order valence-corrected chi connectivity index (χ2v) is 10.3. The molecule has 2 fully saturated rings. The van der Waals surface area contributed by atoms with Crippen LogP contribution in [0, 0.1) is 0 Å². The third-order valence-electron chi connectivity index (χ3n) is 5.54. The predicted molar refractivity (Wildman–Crippen MR) is 119 cm³/mol. The lowest BCUT2D eigenvalue weighted by Gasteiger charge is -2.35. The van der Waals surface area contributed by atoms with Crippen LogP contribution in [0.1, 0.15) is 0 Å². The van der Waals surface area contributed by atoms with E-state index in [1.54, 1.807) is 6.07 Å². The van der Waals surface area contributed by atoms with Gasteiger partial charge in [0.1, 0.15) is 4.90 Å². The fraction of sp³-hybridized carbons (Fsp3) is 0.474. The van der Waals surface area contributed by atoms with Crippen molar-refractivity contribution in [3.63, 3.8) is 0 Å². The fourth-order valence-electron chi connectivity index (χ4n) is 3.66. The van der Waals surface area contributed by atoms with Gasteiger partial charge in [0.05, 0.1) is 5.02 Å². The molecule has 0 atom stereocenters. The molecule has 2 aromatic rings. The lowest BCUT2D eigenvalue weighted by Crippen LogP contribution is -2.49. The summed E-state index contributed by atoms with van der Waals surface area (Å²) in [4.78, 5) is 6.62. The molecule has 4 rings (SSSR count). The van der Waals surface area contributed by atoms with Gasteiger partial charge < -0.3 is 14.7 Å². The van der Waals surface area contributed by atoms with Crippen LogP contribution < -0.4 is 9.80 Å². The van der Waals surface area contributed by atoms with Gasteiger partial charge in [0.15, 0.2) is 11.6 Å². The SMILES string of the molecule is CN1CCN(c2ccc(N3CCN(S(=O)(=O)c4cc(Cl)ccc4Cl)CC3)nn2)CC1. The van der Waals surface area contributed by atoms with E-state index in [0.29, 0.717) is 31.2 Å². The maximum absolute atomic E-state index is 13.0. The van der Waals surface area contributed by atoms with Gasteiger partial charge in [-0.15, -0.1) is 10.2 Å². The number of benzene rings is 1. The highest BCUT2D eigenvalue weighted by Gasteiger charge is 2.31. The first-order valence-corrected chi connectivity index (χ1v) is 12.0. The zero-order valence-electron chi connectivity index (χ0n) is 16.7. The number of rotatable bonds is 4. The molecule has 0 saturated carbocycles. The largest absolute Gasteiger partial charge is 0.353 e. The Morgan fingerprint density at radius 2 is 1.33 bits per heavy atom. The Hall–Kier alpha value is -1.65. The molecule has 2 aliphatic rings. The van der Waals surface area contributed by atoms with Crippen LogP contribution in [0.25, 0.3) is 0 Å². The monoisotopic (exact) mass is 470 g/mol. The topological polar surface area (TPSA) is 72.9 Å². The summed E-state index contributed by atoms with van der Waals surface area (Å²) >= 11 is 12.1. The maximum atomic E-state index is 13.0. The number of hydrogen-bond donors (Lipinski definition) is 0. The molecule has 0 unspecified atom stereocenters. The summed E-state index contributed by atoms with van der Waals surface area (Å²) in [5.41, 5.74) is 0. The summed E-state index contributed by atoms with van der Waals surface area (Å²) < 4.78 is 27.4. The Morgan fingerprint density at radius 1 is 0.800 bits per heavy atom. The Labute approximate surface area is 187 Å². The second kappa shape index (κ2) is 8.84. The standard InChI is InChI=1S/C19H24Cl2N6O2S/c1-24-6-8-25(9-7-24)18-4-5-19(23-22-18)26-10-12-27(13-11-26)30(28,29)17-14-15(20)2-3-16(17)21/h2-5,14H,6-13H2,1H3. The Kier molecular flexibility index (Phi) is 6.36. The van der Waals surface area contributed by atoms with E-state index in [-0.39, 0.29) is 9.92 Å². The molecule has 8 nitrogen and oxygen atoms in total. The number of hydrogen-bond acceptors (Lipinski definition) is 7. The summed E-state index contributed by atoms with van der Waals surface area (Å²) in [5, 5.41) is 9.29. The minimum Gasteiger partial charge on any atom is -0.353 e. The van der Waals surface area contributed by atoms with Gasteiger partial charge in [0, 0.05) is 57.4 Å². The molecule has 11 heteroatoms. The van der Waals surface area contributed by atoms with Crippen LogP contribution in [0.15, 0.2) is 35.2 Å². The molecule has 0 spiro atoms. The number of nitrogens with zero attached hydrogens (tertiary/aromatic N) is 6. The molecule has 1 aromatic carbocycles. The smallest absolute Gasteiger partial charge is 0.244 e. The van der Waals surface area contributed by atoms with Crippen molar-refractivity contribution in [1.29, 1.82) is 0 Å². The van der Waals surface area contributed by atoms with Gasteiger partial charge in [0.2, 0.25) is 10.0 Å². The highest BCUT2D eigenvalue weighted by molar-refractivity contribution is 7.89. The fourth-order valence-corrected chi connectivity index (χ4v) is 5.82. The molecular weight excluding hydrogens is 447 g/mol. The molecule has 2 saturated heterocycles. The van der Waals surface area contributed by atoms with E-state index in [1.807, 2.05) is 17.0 Å². The predicted octanol–water partition coefficient (Wildman–Crippen LogP) is 2.05. The van der Waals surface area contributed by atoms with Gasteiger partial charge in [-0.25, -0.2) is 8.42 Å². The lowest BCUT2D eigenvalue weighted by molar-refractivity contribution is 0.312. The van der Waals surface area contributed by atoms with Crippen molar-refractivity contribution in [2.75, 3.05) is 69.2 Å². The number of sulfonamides is 1. The number of aromatic nitrogens is 2. The molecule has 3 heterocycles. The molecule has 0 N–H and O–H groups in total. The summed E-state index contributed by atoms with van der Waals surface area (Å²) in [6.45, 7) is 5.63. The van der Waals surface area contributed by atoms with E-state index >= 15 is 0 Å². The van der Waals surface area contributed by atoms with Gasteiger partial charge >= 0.3 is 0 Å². The zero-order chi connectivity index (χ0) is 21.3. The minimum absolute atomic E-state index is 0.0430. The molecule has 0 amide bonds. The van der Waals surface area contributed by atoms with Gasteiger partial charge in [0.25, 0.3) is 0 Å². The van der Waals surface area contributed by atoms with Gasteiger partial charge in [-0.3, -0.25) is 0 Å². The molecule has 30 heavy (non-hydrogen) atoms. The number of anilines is 2. The van der Waals surface area contributed by atoms with Crippen LogP contribution in [0.4, 0.5) is 11.6 Å². The lowest BCUT2D eigenvalue weighted by atomic mass is 10.3. The Bertz CT molecular complexity index is 989. The minimum atomic E-state index is -3.70. The van der Waals surface area contributed by atoms with Crippen LogP contribution in [0.5, 0.6) is 0 Å². The van der Waals surface area contributed by atoms with E-state index in [9.17, 15) is 8.42 Å². The molecule has 0 bridgehead atoms. The third-order valence-corrected chi connectivity index (χ3v) is 8.15. The van der Waals surface area contributed by atoms with E-state index < -0.39 is 10.0 Å². The molecule has 0 radical (unpaired) electrons. The molecule has 0 aliphatic carbocycles. The van der Waals surface area contributed by atoms with E-state index in [4.69, 9.17) is 23.2 Å². The highest BCUT2D eigenvalue weighted by Crippen LogP contribution is 2.28. The molecule has 1 aromatic heterocycles. The Morgan fingerprint density at radius 3 is 1.87 bits per heavy atom. The van der Waals surface area contributed by atoms with Crippen molar-refractivity contribution in [2.45, 2.75) is 4.90 Å². The van der Waals surface area contributed by atoms with Gasteiger partial charge in [-0.05, 0) is 37.4 Å². The molecular formula is C19H24Cl2N6O2S. The normalized spacial score (nSPS) is 19.3. The summed E-state index contributed by atoms with van der Waals surface area (Å²) in [7, 11) is -1.59. The summed E-state index contributed by atoms with van der Waals surface area (Å²) in [5.74, 6) is 1.63. The van der Waals surface area contributed by atoms with E-state index in [2.05, 4.69) is 27.0 Å². The van der Waals surface area contributed by atoms with Crippen molar-refractivity contribution < 1.29 is 8.42 Å². The first kappa shape index (κ1) is 21.6. The van der Waals surface area contributed by atoms with E-state index in [0.717, 1.165) is 37.8 Å². The highest BCUT2D eigenvalue weighted by atomic mass is 35.5. The van der Waals surface area contributed by atoms with Gasteiger partial charge in [-0.1, -0.05) is 23.2 Å². The summed E-state index contributed by atoms with van der Waals surface area (Å²) in [6.07, 6.45) is 0. The van der Waals surface area contributed by atoms with Crippen LogP contribution in [-0.2, 0) is 10.0 Å². The quantitative estimate of drug-likeness (QED) is 0.676. The van der Waals surface area contributed by atoms with Crippen molar-refractivity contribution in [3.05, 3.63) is 40.4 Å². The van der Waals surface area contributed by atoms with Crippen LogP contribution >= 0.6 is 23.2 Å². The van der Waals surface area contributed by atoms with Crippen molar-refractivity contribution in [2.24, 2.45) is 0 Å². The Balaban J connectivity index is 1.40. The summed E-state index contributed by atoms with van der Waals surface area (Å²) in [6, 6.07) is 8.42. The van der Waals surface area contributed by atoms with Crippen LogP contribution in [0.3, 0.4) is 0 Å². The number of halogens is 2.